The van der Waals surface area contributed by atoms with Gasteiger partial charge in [0.2, 0.25) is 0 Å². The lowest BCUT2D eigenvalue weighted by atomic mass is 10.1. The summed E-state index contributed by atoms with van der Waals surface area (Å²) in [5.74, 6) is 0.897. The molecular formula is C23H24N2O2S. The molecule has 0 saturated carbocycles. The summed E-state index contributed by atoms with van der Waals surface area (Å²) in [6.45, 7) is 4.61. The van der Waals surface area contributed by atoms with Crippen LogP contribution >= 0.6 is 11.8 Å². The van der Waals surface area contributed by atoms with Crippen LogP contribution in [0.4, 0.5) is 0 Å². The van der Waals surface area contributed by atoms with Crippen LogP contribution in [-0.2, 0) is 11.3 Å². The van der Waals surface area contributed by atoms with E-state index < -0.39 is 0 Å². The average molecular weight is 393 g/mol. The van der Waals surface area contributed by atoms with Crippen LogP contribution in [0.2, 0.25) is 0 Å². The van der Waals surface area contributed by atoms with Crippen LogP contribution in [0.25, 0.3) is 5.69 Å². The standard InChI is InChI=1S/C23H24N2O2S/c1-26-19-9-6-17(7-10-19)23-21-11-8-18(16-24-12-14-27-15-13-24)25(21)20-4-2-3-5-22(20)28-23/h2-11,23H,12-16H2,1H3/t23-/m0/s1. The lowest BCUT2D eigenvalue weighted by molar-refractivity contribution is 0.0334. The Labute approximate surface area is 170 Å². The number of fused-ring (bicyclic) bond motifs is 3. The van der Waals surface area contributed by atoms with E-state index in [1.807, 2.05) is 11.8 Å². The van der Waals surface area contributed by atoms with E-state index in [9.17, 15) is 0 Å². The summed E-state index contributed by atoms with van der Waals surface area (Å²) in [5, 5.41) is 0.277. The Kier molecular flexibility index (Phi) is 4.89. The molecule has 0 amide bonds. The Morgan fingerprint density at radius 3 is 2.57 bits per heavy atom. The zero-order valence-corrected chi connectivity index (χ0v) is 16.8. The maximum Gasteiger partial charge on any atom is 0.118 e. The summed E-state index contributed by atoms with van der Waals surface area (Å²) in [5.41, 5.74) is 5.29. The number of nitrogens with zero attached hydrogens (tertiary/aromatic N) is 2. The first kappa shape index (κ1) is 17.9. The molecule has 0 bridgehead atoms. The normalized spacial score (nSPS) is 19.1. The summed E-state index contributed by atoms with van der Waals surface area (Å²) in [4.78, 5) is 3.81. The summed E-state index contributed by atoms with van der Waals surface area (Å²) in [7, 11) is 1.71. The minimum absolute atomic E-state index is 0.277. The van der Waals surface area contributed by atoms with E-state index in [1.165, 1.54) is 27.5 Å². The van der Waals surface area contributed by atoms with Crippen LogP contribution < -0.4 is 4.74 Å². The third-order valence-corrected chi connectivity index (χ3v) is 6.87. The highest BCUT2D eigenvalue weighted by Crippen LogP contribution is 2.48. The van der Waals surface area contributed by atoms with E-state index in [1.54, 1.807) is 7.11 Å². The van der Waals surface area contributed by atoms with Crippen molar-refractivity contribution in [2.75, 3.05) is 33.4 Å². The number of hydrogen-bond acceptors (Lipinski definition) is 4. The maximum atomic E-state index is 5.52. The van der Waals surface area contributed by atoms with E-state index in [0.717, 1.165) is 38.6 Å². The molecule has 2 aliphatic rings. The van der Waals surface area contributed by atoms with Crippen molar-refractivity contribution in [2.45, 2.75) is 16.7 Å². The van der Waals surface area contributed by atoms with Crippen molar-refractivity contribution < 1.29 is 9.47 Å². The van der Waals surface area contributed by atoms with Crippen LogP contribution in [0.3, 0.4) is 0 Å². The molecule has 0 aliphatic carbocycles. The summed E-state index contributed by atoms with van der Waals surface area (Å²) >= 11 is 1.93. The fourth-order valence-electron chi connectivity index (χ4n) is 4.05. The first-order valence-electron chi connectivity index (χ1n) is 9.74. The number of thioether (sulfide) groups is 1. The van der Waals surface area contributed by atoms with Crippen molar-refractivity contribution in [1.82, 2.24) is 9.47 Å². The lowest BCUT2D eigenvalue weighted by Gasteiger charge is -2.31. The lowest BCUT2D eigenvalue weighted by Crippen LogP contribution is -2.36. The number of benzene rings is 2. The minimum atomic E-state index is 0.277. The Morgan fingerprint density at radius 2 is 1.79 bits per heavy atom. The third-order valence-electron chi connectivity index (χ3n) is 5.52. The molecule has 2 aromatic carbocycles. The molecule has 5 rings (SSSR count). The number of ether oxygens (including phenoxy) is 2. The Balaban J connectivity index is 1.55. The fraction of sp³-hybridized carbons (Fsp3) is 0.304. The van der Waals surface area contributed by atoms with Gasteiger partial charge in [-0.1, -0.05) is 24.3 Å². The molecule has 1 saturated heterocycles. The molecule has 0 spiro atoms. The smallest absolute Gasteiger partial charge is 0.118 e. The van der Waals surface area contributed by atoms with E-state index in [0.29, 0.717) is 0 Å². The molecule has 1 aromatic heterocycles. The number of morpholine rings is 1. The monoisotopic (exact) mass is 392 g/mol. The van der Waals surface area contributed by atoms with Crippen molar-refractivity contribution in [1.29, 1.82) is 0 Å². The van der Waals surface area contributed by atoms with Crippen molar-refractivity contribution >= 4 is 11.8 Å². The van der Waals surface area contributed by atoms with Crippen LogP contribution in [0.15, 0.2) is 65.6 Å². The van der Waals surface area contributed by atoms with Gasteiger partial charge in [0, 0.05) is 35.9 Å². The van der Waals surface area contributed by atoms with Gasteiger partial charge in [-0.25, -0.2) is 0 Å². The molecule has 0 radical (unpaired) electrons. The SMILES string of the molecule is COc1ccc([C@@H]2Sc3ccccc3-n3c(CN4CCOCC4)ccc32)cc1. The van der Waals surface area contributed by atoms with Crippen molar-refractivity contribution in [3.8, 4) is 11.4 Å². The van der Waals surface area contributed by atoms with E-state index in [4.69, 9.17) is 9.47 Å². The zero-order valence-electron chi connectivity index (χ0n) is 16.0. The third kappa shape index (κ3) is 3.24. The van der Waals surface area contributed by atoms with Crippen molar-refractivity contribution in [3.63, 3.8) is 0 Å². The van der Waals surface area contributed by atoms with E-state index in [-0.39, 0.29) is 5.25 Å². The number of rotatable bonds is 4. The summed E-state index contributed by atoms with van der Waals surface area (Å²) in [6, 6.07) is 21.8. The molecule has 2 aliphatic heterocycles. The first-order chi connectivity index (χ1) is 13.8. The Morgan fingerprint density at radius 1 is 1.00 bits per heavy atom. The van der Waals surface area contributed by atoms with Gasteiger partial charge >= 0.3 is 0 Å². The Bertz CT molecular complexity index is 961. The maximum absolute atomic E-state index is 5.52. The van der Waals surface area contributed by atoms with Crippen LogP contribution in [0, 0.1) is 0 Å². The van der Waals surface area contributed by atoms with Crippen LogP contribution in [0.5, 0.6) is 5.75 Å². The molecule has 0 unspecified atom stereocenters. The highest BCUT2D eigenvalue weighted by atomic mass is 32.2. The molecule has 144 valence electrons. The predicted octanol–water partition coefficient (Wildman–Crippen LogP) is 4.51. The van der Waals surface area contributed by atoms with Gasteiger partial charge < -0.3 is 14.0 Å². The minimum Gasteiger partial charge on any atom is -0.497 e. The van der Waals surface area contributed by atoms with Crippen molar-refractivity contribution in [3.05, 3.63) is 77.6 Å². The molecule has 0 N–H and O–H groups in total. The average Bonchev–Trinajstić information content (AvgIpc) is 3.18. The number of aromatic nitrogens is 1. The quantitative estimate of drug-likeness (QED) is 0.653. The first-order valence-corrected chi connectivity index (χ1v) is 10.6. The van der Waals surface area contributed by atoms with Gasteiger partial charge in [0.1, 0.15) is 5.75 Å². The van der Waals surface area contributed by atoms with Gasteiger partial charge in [0.05, 0.1) is 31.3 Å². The topological polar surface area (TPSA) is 26.6 Å². The van der Waals surface area contributed by atoms with Crippen LogP contribution in [-0.4, -0.2) is 42.9 Å². The molecule has 3 aromatic rings. The summed E-state index contributed by atoms with van der Waals surface area (Å²) < 4.78 is 13.3. The highest BCUT2D eigenvalue weighted by Gasteiger charge is 2.29. The fourth-order valence-corrected chi connectivity index (χ4v) is 5.34. The molecule has 28 heavy (non-hydrogen) atoms. The molecule has 1 atom stereocenters. The number of para-hydroxylation sites is 1. The van der Waals surface area contributed by atoms with Gasteiger partial charge in [-0.05, 0) is 42.0 Å². The predicted molar refractivity (Wildman–Crippen MR) is 113 cm³/mol. The number of hydrogen-bond donors (Lipinski definition) is 0. The highest BCUT2D eigenvalue weighted by molar-refractivity contribution is 8.00. The molecule has 3 heterocycles. The molecule has 5 heteroatoms. The van der Waals surface area contributed by atoms with Gasteiger partial charge in [-0.15, -0.1) is 11.8 Å². The molecular weight excluding hydrogens is 368 g/mol. The second-order valence-electron chi connectivity index (χ2n) is 7.21. The molecule has 4 nitrogen and oxygen atoms in total. The Hall–Kier alpha value is -2.21. The van der Waals surface area contributed by atoms with E-state index in [2.05, 4.69) is 70.1 Å². The largest absolute Gasteiger partial charge is 0.497 e. The van der Waals surface area contributed by atoms with Gasteiger partial charge in [-0.3, -0.25) is 4.90 Å². The summed E-state index contributed by atoms with van der Waals surface area (Å²) in [6.07, 6.45) is 0. The zero-order chi connectivity index (χ0) is 18.9. The van der Waals surface area contributed by atoms with Gasteiger partial charge in [0.15, 0.2) is 0 Å². The van der Waals surface area contributed by atoms with Gasteiger partial charge in [0.25, 0.3) is 0 Å². The molecule has 1 fully saturated rings. The second-order valence-corrected chi connectivity index (χ2v) is 8.36. The van der Waals surface area contributed by atoms with E-state index >= 15 is 0 Å². The number of methoxy groups -OCH3 is 1. The van der Waals surface area contributed by atoms with Crippen LogP contribution in [0.1, 0.15) is 22.2 Å². The van der Waals surface area contributed by atoms with Crippen molar-refractivity contribution in [2.24, 2.45) is 0 Å². The van der Waals surface area contributed by atoms with Gasteiger partial charge in [-0.2, -0.15) is 0 Å². The second kappa shape index (κ2) is 7.66.